The molecule has 0 radical (unpaired) electrons. The predicted octanol–water partition coefficient (Wildman–Crippen LogP) is 4.31. The van der Waals surface area contributed by atoms with Gasteiger partial charge in [-0.15, -0.1) is 0 Å². The first kappa shape index (κ1) is 26.1. The Morgan fingerprint density at radius 2 is 1.27 bits per heavy atom. The minimum atomic E-state index is -4.25. The maximum Gasteiger partial charge on any atom is 0.117 e. The molecule has 0 aromatic heterocycles. The number of hydrogen-bond acceptors (Lipinski definition) is 3. The van der Waals surface area contributed by atoms with Crippen molar-refractivity contribution in [3.63, 3.8) is 0 Å². The molecule has 0 atom stereocenters. The van der Waals surface area contributed by atoms with Gasteiger partial charge in [0, 0.05) is 5.41 Å². The summed E-state index contributed by atoms with van der Waals surface area (Å²) in [6.45, 7) is 1.33. The lowest BCUT2D eigenvalue weighted by atomic mass is 10.0. The molecule has 0 bridgehead atoms. The zero-order chi connectivity index (χ0) is 22.1. The van der Waals surface area contributed by atoms with E-state index in [0.717, 1.165) is 0 Å². The molecule has 0 amide bonds. The first-order valence-electron chi connectivity index (χ1n) is 10.9. The number of quaternary nitrogens is 1. The van der Waals surface area contributed by atoms with Crippen LogP contribution in [0.3, 0.4) is 0 Å². The van der Waals surface area contributed by atoms with Gasteiger partial charge < -0.3 is 9.45 Å². The summed E-state index contributed by atoms with van der Waals surface area (Å²) in [5.74, 6) is 0. The fraction of sp³-hybridized carbons (Fsp3) is 0.440. The Morgan fingerprint density at radius 1 is 0.767 bits per heavy atom. The third-order valence-electron chi connectivity index (χ3n) is 4.71. The summed E-state index contributed by atoms with van der Waals surface area (Å²) in [6, 6.07) is 19.6. The Morgan fingerprint density at radius 3 is 1.80 bits per heavy atom. The summed E-state index contributed by atoms with van der Waals surface area (Å²) in [5.41, 5.74) is 2.18. The lowest BCUT2D eigenvalue weighted by Gasteiger charge is -2.06. The van der Waals surface area contributed by atoms with Crippen LogP contribution in [0.15, 0.2) is 66.1 Å². The summed E-state index contributed by atoms with van der Waals surface area (Å²) in [7, 11) is 0.226. The number of nitrogens with one attached hydrogen (secondary N) is 1. The number of hydrogen-bond donors (Lipinski definition) is 1. The van der Waals surface area contributed by atoms with Crippen LogP contribution in [0.4, 0.5) is 0 Å². The van der Waals surface area contributed by atoms with Gasteiger partial charge in [0.1, 0.15) is 10.1 Å². The second-order valence-corrected chi connectivity index (χ2v) is 9.13. The molecule has 166 valence electrons. The number of benzene rings is 2. The van der Waals surface area contributed by atoms with Crippen molar-refractivity contribution in [2.45, 2.75) is 51.4 Å². The second-order valence-electron chi connectivity index (χ2n) is 7.87. The maximum absolute atomic E-state index is 10.2. The first-order valence-corrected chi connectivity index (χ1v) is 12.4. The third kappa shape index (κ3) is 15.9. The molecule has 0 fully saturated rings. The molecule has 0 heterocycles. The first-order chi connectivity index (χ1) is 14.4. The molecule has 0 aliphatic heterocycles. The summed E-state index contributed by atoms with van der Waals surface area (Å²) >= 11 is 0. The lowest BCUT2D eigenvalue weighted by Crippen LogP contribution is -3.05. The Labute approximate surface area is 183 Å². The molecule has 0 saturated carbocycles. The Hall–Kier alpha value is -1.95. The normalized spacial score (nSPS) is 11.5. The van der Waals surface area contributed by atoms with E-state index in [1.54, 1.807) is 29.2 Å². The smallest absolute Gasteiger partial charge is 0.117 e. The Kier molecular flexibility index (Phi) is 13.8. The number of unbranched alkanes of at least 4 members (excludes halogenated alkanes) is 6. The lowest BCUT2D eigenvalue weighted by molar-refractivity contribution is -0.858. The van der Waals surface area contributed by atoms with Gasteiger partial charge in [-0.3, -0.25) is 0 Å². The average molecular weight is 432 g/mol. The molecule has 0 aliphatic carbocycles. The monoisotopic (exact) mass is 431 g/mol. The molecule has 0 spiro atoms. The van der Waals surface area contributed by atoms with Crippen molar-refractivity contribution in [3.8, 4) is 0 Å². The molecule has 5 heteroatoms. The van der Waals surface area contributed by atoms with Crippen LogP contribution in [0.1, 0.15) is 56.1 Å². The molecule has 2 rings (SSSR count). The van der Waals surface area contributed by atoms with Crippen molar-refractivity contribution in [1.29, 1.82) is 0 Å². The Balaban J connectivity index is 0.000000325. The molecular formula is C25H37NO3S. The SMILES string of the molecule is C[NH+](C)CCCCCCCCCc1ccccc1.O=S(=O)([O-])C=Cc1ccccc1. The summed E-state index contributed by atoms with van der Waals surface area (Å²) in [6.07, 6.45) is 12.4. The van der Waals surface area contributed by atoms with Gasteiger partial charge in [0.05, 0.1) is 20.6 Å². The van der Waals surface area contributed by atoms with E-state index in [4.69, 9.17) is 0 Å². The zero-order valence-corrected chi connectivity index (χ0v) is 19.2. The van der Waals surface area contributed by atoms with Crippen molar-refractivity contribution in [1.82, 2.24) is 0 Å². The molecule has 4 nitrogen and oxygen atoms in total. The third-order valence-corrected chi connectivity index (χ3v) is 5.18. The van der Waals surface area contributed by atoms with E-state index >= 15 is 0 Å². The Bertz CT molecular complexity index is 788. The van der Waals surface area contributed by atoms with Gasteiger partial charge in [-0.2, -0.15) is 0 Å². The van der Waals surface area contributed by atoms with Crippen molar-refractivity contribution in [2.75, 3.05) is 20.6 Å². The fourth-order valence-electron chi connectivity index (χ4n) is 3.06. The summed E-state index contributed by atoms with van der Waals surface area (Å²) in [4.78, 5) is 1.58. The molecule has 30 heavy (non-hydrogen) atoms. The van der Waals surface area contributed by atoms with Crippen LogP contribution in [0.25, 0.3) is 6.08 Å². The molecule has 0 saturated heterocycles. The van der Waals surface area contributed by atoms with Crippen LogP contribution < -0.4 is 4.90 Å². The fourth-order valence-corrected chi connectivity index (χ4v) is 3.39. The highest BCUT2D eigenvalue weighted by atomic mass is 32.2. The van der Waals surface area contributed by atoms with Crippen molar-refractivity contribution in [2.24, 2.45) is 0 Å². The minimum absolute atomic E-state index is 0.641. The van der Waals surface area contributed by atoms with Crippen LogP contribution >= 0.6 is 0 Å². The highest BCUT2D eigenvalue weighted by Gasteiger charge is 1.96. The van der Waals surface area contributed by atoms with Gasteiger partial charge in [-0.25, -0.2) is 8.42 Å². The highest BCUT2D eigenvalue weighted by molar-refractivity contribution is 7.88. The summed E-state index contributed by atoms with van der Waals surface area (Å²) in [5, 5.41) is 0.641. The van der Waals surface area contributed by atoms with E-state index in [9.17, 15) is 13.0 Å². The average Bonchev–Trinajstić information content (AvgIpc) is 2.72. The maximum atomic E-state index is 10.2. The van der Waals surface area contributed by atoms with E-state index in [0.29, 0.717) is 11.0 Å². The standard InChI is InChI=1S/C17H29N.C8H8O3S/c1-18(2)16-12-7-5-3-4-6-9-13-17-14-10-8-11-15-17;9-12(10,11)7-6-8-4-2-1-3-5-8/h8,10-11,14-15H,3-7,9,12-13,16H2,1-2H3;1-7H,(H,9,10,11). The van der Waals surface area contributed by atoms with Gasteiger partial charge in [-0.05, 0) is 42.9 Å². The molecule has 0 unspecified atom stereocenters. The molecule has 2 aromatic carbocycles. The van der Waals surface area contributed by atoms with E-state index in [1.807, 2.05) is 6.07 Å². The van der Waals surface area contributed by atoms with E-state index in [1.165, 1.54) is 69.6 Å². The van der Waals surface area contributed by atoms with Gasteiger partial charge in [0.15, 0.2) is 0 Å². The molecule has 1 N–H and O–H groups in total. The van der Waals surface area contributed by atoms with Crippen LogP contribution in [-0.4, -0.2) is 33.6 Å². The predicted molar refractivity (Wildman–Crippen MR) is 125 cm³/mol. The highest BCUT2D eigenvalue weighted by Crippen LogP contribution is 2.10. The van der Waals surface area contributed by atoms with E-state index in [2.05, 4.69) is 44.4 Å². The number of aryl methyl sites for hydroxylation is 1. The van der Waals surface area contributed by atoms with E-state index in [-0.39, 0.29) is 0 Å². The zero-order valence-electron chi connectivity index (χ0n) is 18.4. The van der Waals surface area contributed by atoms with Crippen LogP contribution in [0, 0.1) is 0 Å². The minimum Gasteiger partial charge on any atom is -0.744 e. The van der Waals surface area contributed by atoms with Crippen molar-refractivity contribution in [3.05, 3.63) is 77.2 Å². The van der Waals surface area contributed by atoms with Crippen LogP contribution in [-0.2, 0) is 16.5 Å². The quantitative estimate of drug-likeness (QED) is 0.402. The van der Waals surface area contributed by atoms with Gasteiger partial charge in [0.2, 0.25) is 0 Å². The topological polar surface area (TPSA) is 61.6 Å². The van der Waals surface area contributed by atoms with Crippen LogP contribution in [0.2, 0.25) is 0 Å². The summed E-state index contributed by atoms with van der Waals surface area (Å²) < 4.78 is 30.5. The molecule has 0 aliphatic rings. The second kappa shape index (κ2) is 15.8. The van der Waals surface area contributed by atoms with Crippen LogP contribution in [0.5, 0.6) is 0 Å². The van der Waals surface area contributed by atoms with Crippen molar-refractivity contribution >= 4 is 16.2 Å². The largest absolute Gasteiger partial charge is 0.744 e. The number of rotatable bonds is 12. The van der Waals surface area contributed by atoms with E-state index < -0.39 is 10.1 Å². The van der Waals surface area contributed by atoms with Gasteiger partial charge >= 0.3 is 0 Å². The molecule has 2 aromatic rings. The van der Waals surface area contributed by atoms with Gasteiger partial charge in [-0.1, -0.05) is 86.3 Å². The van der Waals surface area contributed by atoms with Gasteiger partial charge in [0.25, 0.3) is 0 Å². The van der Waals surface area contributed by atoms with Crippen molar-refractivity contribution < 1.29 is 17.9 Å². The molecular weight excluding hydrogens is 394 g/mol.